The van der Waals surface area contributed by atoms with Gasteiger partial charge in [-0.25, -0.2) is 0 Å². The number of aromatic nitrogens is 2. The molecule has 0 spiro atoms. The van der Waals surface area contributed by atoms with Gasteiger partial charge in [0.1, 0.15) is 0 Å². The Kier molecular flexibility index (Phi) is 6.05. The maximum absolute atomic E-state index is 5.41. The zero-order chi connectivity index (χ0) is 14.2. The van der Waals surface area contributed by atoms with Crippen molar-refractivity contribution in [3.05, 3.63) is 12.4 Å². The van der Waals surface area contributed by atoms with E-state index in [0.717, 1.165) is 37.9 Å². The predicted molar refractivity (Wildman–Crippen MR) is 81.3 cm³/mol. The Morgan fingerprint density at radius 2 is 2.10 bits per heavy atom. The normalized spacial score (nSPS) is 16.4. The average Bonchev–Trinajstić information content (AvgIpc) is 2.49. The SMILES string of the molecule is CCCNCC1CCN(c2cncc(OCC)n2)CC1. The molecule has 0 saturated carbocycles. The lowest BCUT2D eigenvalue weighted by molar-refractivity contribution is 0.324. The molecule has 0 radical (unpaired) electrons. The van der Waals surface area contributed by atoms with Crippen molar-refractivity contribution in [1.29, 1.82) is 0 Å². The molecular formula is C15H26N4O. The van der Waals surface area contributed by atoms with Crippen LogP contribution in [0.4, 0.5) is 5.82 Å². The average molecular weight is 278 g/mol. The van der Waals surface area contributed by atoms with Crippen LogP contribution < -0.4 is 15.0 Å². The number of rotatable bonds is 7. The molecule has 1 fully saturated rings. The van der Waals surface area contributed by atoms with Crippen LogP contribution in [-0.4, -0.2) is 42.8 Å². The van der Waals surface area contributed by atoms with Crippen molar-refractivity contribution in [1.82, 2.24) is 15.3 Å². The summed E-state index contributed by atoms with van der Waals surface area (Å²) in [4.78, 5) is 11.0. The lowest BCUT2D eigenvalue weighted by Gasteiger charge is -2.32. The van der Waals surface area contributed by atoms with Gasteiger partial charge in [-0.1, -0.05) is 6.92 Å². The summed E-state index contributed by atoms with van der Waals surface area (Å²) in [5.74, 6) is 2.36. The van der Waals surface area contributed by atoms with Crippen LogP contribution in [0, 0.1) is 5.92 Å². The van der Waals surface area contributed by atoms with Crippen molar-refractivity contribution in [3.63, 3.8) is 0 Å². The molecule has 2 rings (SSSR count). The van der Waals surface area contributed by atoms with Gasteiger partial charge in [0.25, 0.3) is 0 Å². The van der Waals surface area contributed by atoms with Gasteiger partial charge < -0.3 is 15.0 Å². The molecule has 1 aromatic rings. The topological polar surface area (TPSA) is 50.3 Å². The maximum Gasteiger partial charge on any atom is 0.234 e. The highest BCUT2D eigenvalue weighted by Gasteiger charge is 2.20. The molecule has 112 valence electrons. The molecule has 1 aromatic heterocycles. The third-order valence-corrected chi connectivity index (χ3v) is 3.69. The molecule has 1 N–H and O–H groups in total. The molecule has 0 atom stereocenters. The minimum Gasteiger partial charge on any atom is -0.477 e. The Labute approximate surface area is 121 Å². The minimum absolute atomic E-state index is 0.622. The molecule has 5 nitrogen and oxygen atoms in total. The molecule has 0 unspecified atom stereocenters. The van der Waals surface area contributed by atoms with Crippen LogP contribution in [0.3, 0.4) is 0 Å². The maximum atomic E-state index is 5.41. The van der Waals surface area contributed by atoms with Crippen LogP contribution in [0.1, 0.15) is 33.1 Å². The quantitative estimate of drug-likeness (QED) is 0.774. The van der Waals surface area contributed by atoms with E-state index in [1.165, 1.54) is 19.3 Å². The first-order chi connectivity index (χ1) is 9.83. The molecule has 5 heteroatoms. The van der Waals surface area contributed by atoms with Gasteiger partial charge >= 0.3 is 0 Å². The van der Waals surface area contributed by atoms with Crippen LogP contribution in [0.5, 0.6) is 5.88 Å². The van der Waals surface area contributed by atoms with Crippen molar-refractivity contribution in [2.45, 2.75) is 33.1 Å². The second-order valence-corrected chi connectivity index (χ2v) is 5.28. The van der Waals surface area contributed by atoms with Gasteiger partial charge in [-0.3, -0.25) is 4.98 Å². The van der Waals surface area contributed by atoms with Gasteiger partial charge in [0.15, 0.2) is 5.82 Å². The van der Waals surface area contributed by atoms with E-state index in [1.54, 1.807) is 6.20 Å². The molecule has 1 saturated heterocycles. The van der Waals surface area contributed by atoms with Gasteiger partial charge in [0.2, 0.25) is 5.88 Å². The van der Waals surface area contributed by atoms with Crippen LogP contribution in [0.2, 0.25) is 0 Å². The molecule has 20 heavy (non-hydrogen) atoms. The van der Waals surface area contributed by atoms with Crippen molar-refractivity contribution in [3.8, 4) is 5.88 Å². The Morgan fingerprint density at radius 1 is 1.30 bits per heavy atom. The summed E-state index contributed by atoms with van der Waals surface area (Å²) in [6.07, 6.45) is 7.15. The van der Waals surface area contributed by atoms with Gasteiger partial charge in [-0.05, 0) is 45.2 Å². The number of hydrogen-bond donors (Lipinski definition) is 1. The highest BCUT2D eigenvalue weighted by atomic mass is 16.5. The lowest BCUT2D eigenvalue weighted by atomic mass is 9.97. The first kappa shape index (κ1) is 15.0. The first-order valence-corrected chi connectivity index (χ1v) is 7.74. The number of nitrogens with one attached hydrogen (secondary N) is 1. The van der Waals surface area contributed by atoms with E-state index < -0.39 is 0 Å². The van der Waals surface area contributed by atoms with E-state index in [-0.39, 0.29) is 0 Å². The van der Waals surface area contributed by atoms with Crippen LogP contribution in [-0.2, 0) is 0 Å². The minimum atomic E-state index is 0.622. The molecule has 1 aliphatic heterocycles. The Morgan fingerprint density at radius 3 is 2.80 bits per heavy atom. The second-order valence-electron chi connectivity index (χ2n) is 5.28. The van der Waals surface area contributed by atoms with Gasteiger partial charge in [-0.15, -0.1) is 0 Å². The predicted octanol–water partition coefficient (Wildman–Crippen LogP) is 2.09. The fraction of sp³-hybridized carbons (Fsp3) is 0.733. The Hall–Kier alpha value is -1.36. The number of ether oxygens (including phenoxy) is 1. The van der Waals surface area contributed by atoms with E-state index in [2.05, 4.69) is 27.1 Å². The highest BCUT2D eigenvalue weighted by molar-refractivity contribution is 5.37. The largest absolute Gasteiger partial charge is 0.477 e. The fourth-order valence-electron chi connectivity index (χ4n) is 2.56. The van der Waals surface area contributed by atoms with Crippen molar-refractivity contribution in [2.24, 2.45) is 5.92 Å². The fourth-order valence-corrected chi connectivity index (χ4v) is 2.56. The van der Waals surface area contributed by atoms with Gasteiger partial charge in [0.05, 0.1) is 19.0 Å². The van der Waals surface area contributed by atoms with Gasteiger partial charge in [-0.2, -0.15) is 4.98 Å². The van der Waals surface area contributed by atoms with Crippen molar-refractivity contribution < 1.29 is 4.74 Å². The van der Waals surface area contributed by atoms with E-state index >= 15 is 0 Å². The third kappa shape index (κ3) is 4.34. The third-order valence-electron chi connectivity index (χ3n) is 3.69. The first-order valence-electron chi connectivity index (χ1n) is 7.74. The van der Waals surface area contributed by atoms with Crippen LogP contribution in [0.25, 0.3) is 0 Å². The molecule has 2 heterocycles. The number of piperidine rings is 1. The Balaban J connectivity index is 1.82. The molecular weight excluding hydrogens is 252 g/mol. The summed E-state index contributed by atoms with van der Waals surface area (Å²) >= 11 is 0. The number of nitrogens with zero attached hydrogens (tertiary/aromatic N) is 3. The van der Waals surface area contributed by atoms with E-state index in [9.17, 15) is 0 Å². The smallest absolute Gasteiger partial charge is 0.234 e. The summed E-state index contributed by atoms with van der Waals surface area (Å²) in [5, 5.41) is 3.52. The summed E-state index contributed by atoms with van der Waals surface area (Å²) in [5.41, 5.74) is 0. The Bertz CT molecular complexity index is 391. The number of anilines is 1. The van der Waals surface area contributed by atoms with E-state index in [4.69, 9.17) is 4.74 Å². The standard InChI is InChI=1S/C15H26N4O/c1-3-7-16-10-13-5-8-19(9-6-13)14-11-17-12-15(18-14)20-4-2/h11-13,16H,3-10H2,1-2H3. The molecule has 0 aromatic carbocycles. The van der Waals surface area contributed by atoms with Crippen LogP contribution >= 0.6 is 0 Å². The number of hydrogen-bond acceptors (Lipinski definition) is 5. The molecule has 0 aliphatic carbocycles. The highest BCUT2D eigenvalue weighted by Crippen LogP contribution is 2.22. The zero-order valence-corrected chi connectivity index (χ0v) is 12.6. The molecule has 1 aliphatic rings. The summed E-state index contributed by atoms with van der Waals surface area (Å²) in [6.45, 7) is 9.19. The summed E-state index contributed by atoms with van der Waals surface area (Å²) < 4.78 is 5.41. The molecule has 0 bridgehead atoms. The van der Waals surface area contributed by atoms with Crippen molar-refractivity contribution >= 4 is 5.82 Å². The molecule has 0 amide bonds. The van der Waals surface area contributed by atoms with Gasteiger partial charge in [0, 0.05) is 13.1 Å². The second kappa shape index (κ2) is 8.04. The lowest BCUT2D eigenvalue weighted by Crippen LogP contribution is -2.37. The van der Waals surface area contributed by atoms with Crippen LogP contribution in [0.15, 0.2) is 12.4 Å². The van der Waals surface area contributed by atoms with E-state index in [1.807, 2.05) is 13.1 Å². The zero-order valence-electron chi connectivity index (χ0n) is 12.6. The summed E-state index contributed by atoms with van der Waals surface area (Å²) in [7, 11) is 0. The van der Waals surface area contributed by atoms with E-state index in [0.29, 0.717) is 12.5 Å². The summed E-state index contributed by atoms with van der Waals surface area (Å²) in [6, 6.07) is 0. The monoisotopic (exact) mass is 278 g/mol. The van der Waals surface area contributed by atoms with Crippen molar-refractivity contribution in [2.75, 3.05) is 37.7 Å².